The van der Waals surface area contributed by atoms with Gasteiger partial charge in [-0.15, -0.1) is 0 Å². The van der Waals surface area contributed by atoms with E-state index in [9.17, 15) is 9.59 Å². The Hall–Kier alpha value is -3.09. The molecule has 4 rings (SSSR count). The Labute approximate surface area is 144 Å². The maximum atomic E-state index is 12.4. The molecule has 2 aliphatic rings. The number of anilines is 1. The molecule has 2 aromatic rings. The Morgan fingerprint density at radius 1 is 0.960 bits per heavy atom. The third-order valence-electron chi connectivity index (χ3n) is 3.93. The van der Waals surface area contributed by atoms with Crippen molar-refractivity contribution in [1.29, 1.82) is 0 Å². The molecule has 1 aliphatic carbocycles. The van der Waals surface area contributed by atoms with Crippen LogP contribution in [0.4, 0.5) is 5.69 Å². The van der Waals surface area contributed by atoms with Crippen LogP contribution in [0, 0.1) is 0 Å². The average molecular weight is 339 g/mol. The highest BCUT2D eigenvalue weighted by Crippen LogP contribution is 2.32. The number of nitrogens with one attached hydrogen (secondary N) is 2. The highest BCUT2D eigenvalue weighted by Gasteiger charge is 2.24. The van der Waals surface area contributed by atoms with E-state index in [0.29, 0.717) is 30.4 Å². The van der Waals surface area contributed by atoms with E-state index in [1.807, 2.05) is 0 Å². The first-order chi connectivity index (χ1) is 12.2. The maximum Gasteiger partial charge on any atom is 0.274 e. The number of ether oxygens (including phenoxy) is 2. The number of pyridine rings is 1. The first-order valence-electron chi connectivity index (χ1n) is 8.18. The molecule has 1 aliphatic heterocycles. The number of carbonyl (C=O) groups is 2. The normalized spacial score (nSPS) is 15.4. The van der Waals surface area contributed by atoms with Gasteiger partial charge in [-0.25, -0.2) is 4.98 Å². The van der Waals surface area contributed by atoms with Gasteiger partial charge in [0.15, 0.2) is 11.5 Å². The second-order valence-electron chi connectivity index (χ2n) is 5.97. The van der Waals surface area contributed by atoms with Crippen molar-refractivity contribution in [3.63, 3.8) is 0 Å². The quantitative estimate of drug-likeness (QED) is 0.889. The summed E-state index contributed by atoms with van der Waals surface area (Å²) < 4.78 is 11.0. The number of benzene rings is 1. The predicted molar refractivity (Wildman–Crippen MR) is 90.1 cm³/mol. The van der Waals surface area contributed by atoms with E-state index in [1.54, 1.807) is 36.4 Å². The summed E-state index contributed by atoms with van der Waals surface area (Å²) in [6.45, 7) is 0.989. The van der Waals surface area contributed by atoms with Crippen LogP contribution < -0.4 is 20.1 Å². The summed E-state index contributed by atoms with van der Waals surface area (Å²) in [5.74, 6) is 0.602. The SMILES string of the molecule is O=C(Nc1ccc2c(c1)OCCO2)c1cccc(C(=O)NC2CC2)n1. The van der Waals surface area contributed by atoms with Gasteiger partial charge >= 0.3 is 0 Å². The van der Waals surface area contributed by atoms with Crippen molar-refractivity contribution in [1.82, 2.24) is 10.3 Å². The lowest BCUT2D eigenvalue weighted by molar-refractivity contribution is 0.0946. The second kappa shape index (κ2) is 6.43. The zero-order chi connectivity index (χ0) is 17.2. The summed E-state index contributed by atoms with van der Waals surface area (Å²) in [6, 6.07) is 10.2. The molecule has 0 bridgehead atoms. The van der Waals surface area contributed by atoms with Crippen molar-refractivity contribution in [3.05, 3.63) is 47.8 Å². The lowest BCUT2D eigenvalue weighted by atomic mass is 10.2. The molecule has 7 nitrogen and oxygen atoms in total. The smallest absolute Gasteiger partial charge is 0.274 e. The van der Waals surface area contributed by atoms with E-state index in [-0.39, 0.29) is 23.3 Å². The van der Waals surface area contributed by atoms with E-state index < -0.39 is 5.91 Å². The summed E-state index contributed by atoms with van der Waals surface area (Å²) >= 11 is 0. The molecule has 1 aromatic heterocycles. The Bertz CT molecular complexity index is 833. The average Bonchev–Trinajstić information content (AvgIpc) is 3.45. The first-order valence-corrected chi connectivity index (χ1v) is 8.18. The van der Waals surface area contributed by atoms with E-state index in [1.165, 1.54) is 0 Å². The highest BCUT2D eigenvalue weighted by atomic mass is 16.6. The molecule has 1 saturated carbocycles. The van der Waals surface area contributed by atoms with Gasteiger partial charge in [-0.3, -0.25) is 9.59 Å². The molecule has 0 atom stereocenters. The minimum Gasteiger partial charge on any atom is -0.486 e. The molecule has 0 saturated heterocycles. The molecule has 0 radical (unpaired) electrons. The summed E-state index contributed by atoms with van der Waals surface area (Å²) in [6.07, 6.45) is 1.99. The Morgan fingerprint density at radius 2 is 1.68 bits per heavy atom. The summed E-state index contributed by atoms with van der Waals surface area (Å²) in [5, 5.41) is 5.62. The Balaban J connectivity index is 1.48. The van der Waals surface area contributed by atoms with Crippen LogP contribution in [0.2, 0.25) is 0 Å². The van der Waals surface area contributed by atoms with Gasteiger partial charge in [0, 0.05) is 17.8 Å². The molecule has 2 amide bonds. The third kappa shape index (κ3) is 3.55. The van der Waals surface area contributed by atoms with Crippen molar-refractivity contribution in [3.8, 4) is 11.5 Å². The van der Waals surface area contributed by atoms with Crippen molar-refractivity contribution in [2.75, 3.05) is 18.5 Å². The summed E-state index contributed by atoms with van der Waals surface area (Å²) in [5.41, 5.74) is 0.990. The molecule has 0 unspecified atom stereocenters. The van der Waals surface area contributed by atoms with Crippen LogP contribution in [0.15, 0.2) is 36.4 Å². The topological polar surface area (TPSA) is 89.5 Å². The van der Waals surface area contributed by atoms with Crippen LogP contribution in [-0.4, -0.2) is 36.1 Å². The molecule has 1 fully saturated rings. The standard InChI is InChI=1S/C18H17N3O4/c22-17(19-11-4-5-11)13-2-1-3-14(21-13)18(23)20-12-6-7-15-16(10-12)25-9-8-24-15/h1-3,6-7,10-11H,4-5,8-9H2,(H,19,22)(H,20,23). The van der Waals surface area contributed by atoms with Gasteiger partial charge in [0.1, 0.15) is 24.6 Å². The monoisotopic (exact) mass is 339 g/mol. The highest BCUT2D eigenvalue weighted by molar-refractivity contribution is 6.04. The number of rotatable bonds is 4. The zero-order valence-corrected chi connectivity index (χ0v) is 13.5. The van der Waals surface area contributed by atoms with Gasteiger partial charge < -0.3 is 20.1 Å². The van der Waals surface area contributed by atoms with Crippen LogP contribution in [0.3, 0.4) is 0 Å². The van der Waals surface area contributed by atoms with Gasteiger partial charge in [0.2, 0.25) is 0 Å². The van der Waals surface area contributed by atoms with E-state index in [0.717, 1.165) is 12.8 Å². The Morgan fingerprint density at radius 3 is 2.44 bits per heavy atom. The molecule has 128 valence electrons. The van der Waals surface area contributed by atoms with Crippen LogP contribution in [-0.2, 0) is 0 Å². The third-order valence-corrected chi connectivity index (χ3v) is 3.93. The zero-order valence-electron chi connectivity index (χ0n) is 13.5. The number of nitrogens with zero attached hydrogens (tertiary/aromatic N) is 1. The number of carbonyl (C=O) groups excluding carboxylic acids is 2. The molecule has 2 N–H and O–H groups in total. The molecule has 7 heteroatoms. The van der Waals surface area contributed by atoms with Crippen molar-refractivity contribution < 1.29 is 19.1 Å². The van der Waals surface area contributed by atoms with Crippen molar-refractivity contribution in [2.24, 2.45) is 0 Å². The minimum absolute atomic E-state index is 0.179. The number of aromatic nitrogens is 1. The fourth-order valence-electron chi connectivity index (χ4n) is 2.49. The maximum absolute atomic E-state index is 12.4. The summed E-state index contributed by atoms with van der Waals surface area (Å²) in [7, 11) is 0. The molecular formula is C18H17N3O4. The number of hydrogen-bond acceptors (Lipinski definition) is 5. The van der Waals surface area contributed by atoms with Gasteiger partial charge in [0.05, 0.1) is 0 Å². The molecule has 0 spiro atoms. The lowest BCUT2D eigenvalue weighted by Crippen LogP contribution is -2.27. The number of hydrogen-bond donors (Lipinski definition) is 2. The minimum atomic E-state index is -0.391. The largest absolute Gasteiger partial charge is 0.486 e. The molecule has 2 heterocycles. The van der Waals surface area contributed by atoms with E-state index in [4.69, 9.17) is 9.47 Å². The Kier molecular flexibility index (Phi) is 3.97. The van der Waals surface area contributed by atoms with Crippen LogP contribution in [0.1, 0.15) is 33.8 Å². The molecule has 25 heavy (non-hydrogen) atoms. The summed E-state index contributed by atoms with van der Waals surface area (Å²) in [4.78, 5) is 28.6. The van der Waals surface area contributed by atoms with Crippen LogP contribution >= 0.6 is 0 Å². The lowest BCUT2D eigenvalue weighted by Gasteiger charge is -2.19. The van der Waals surface area contributed by atoms with E-state index >= 15 is 0 Å². The van der Waals surface area contributed by atoms with E-state index in [2.05, 4.69) is 15.6 Å². The van der Waals surface area contributed by atoms with Gasteiger partial charge in [-0.05, 0) is 37.1 Å². The fourth-order valence-corrected chi connectivity index (χ4v) is 2.49. The van der Waals surface area contributed by atoms with Crippen LogP contribution in [0.25, 0.3) is 0 Å². The first kappa shape index (κ1) is 15.4. The molecule has 1 aromatic carbocycles. The van der Waals surface area contributed by atoms with Crippen molar-refractivity contribution >= 4 is 17.5 Å². The molecular weight excluding hydrogens is 322 g/mol. The van der Waals surface area contributed by atoms with Gasteiger partial charge in [-0.1, -0.05) is 6.07 Å². The van der Waals surface area contributed by atoms with Gasteiger partial charge in [-0.2, -0.15) is 0 Å². The van der Waals surface area contributed by atoms with Crippen LogP contribution in [0.5, 0.6) is 11.5 Å². The van der Waals surface area contributed by atoms with Gasteiger partial charge in [0.25, 0.3) is 11.8 Å². The predicted octanol–water partition coefficient (Wildman–Crippen LogP) is 2.00. The van der Waals surface area contributed by atoms with Crippen molar-refractivity contribution in [2.45, 2.75) is 18.9 Å². The second-order valence-corrected chi connectivity index (χ2v) is 5.97. The fraction of sp³-hybridized carbons (Fsp3) is 0.278. The number of fused-ring (bicyclic) bond motifs is 1. The number of amides is 2.